The molecule has 1 aliphatic rings. The summed E-state index contributed by atoms with van der Waals surface area (Å²) in [5, 5.41) is 11.8. The third-order valence-electron chi connectivity index (χ3n) is 6.03. The molecule has 0 aliphatic heterocycles. The van der Waals surface area contributed by atoms with Gasteiger partial charge in [-0.1, -0.05) is 60.7 Å². The van der Waals surface area contributed by atoms with Gasteiger partial charge in [0.15, 0.2) is 23.1 Å². The number of nitrogens with zero attached hydrogens (tertiary/aromatic N) is 1. The first kappa shape index (κ1) is 21.2. The van der Waals surface area contributed by atoms with Crippen molar-refractivity contribution in [2.24, 2.45) is 0 Å². The monoisotopic (exact) mass is 431 g/mol. The van der Waals surface area contributed by atoms with Crippen molar-refractivity contribution in [1.29, 1.82) is 0 Å². The number of carbonyl (C=O) groups excluding carboxylic acids is 2. The number of carbonyl (C=O) groups is 2. The molecule has 0 fully saturated rings. The van der Waals surface area contributed by atoms with Gasteiger partial charge in [0.25, 0.3) is 0 Å². The van der Waals surface area contributed by atoms with Crippen LogP contribution in [-0.2, 0) is 5.41 Å². The number of Topliss-reactive ketones (excluding diaryl/α,β-unsaturated/α-hetero) is 2. The van der Waals surface area contributed by atoms with Crippen LogP contribution in [0.25, 0.3) is 0 Å². The van der Waals surface area contributed by atoms with E-state index in [1.165, 1.54) is 14.2 Å². The van der Waals surface area contributed by atoms with Crippen molar-refractivity contribution in [2.75, 3.05) is 20.8 Å². The van der Waals surface area contributed by atoms with E-state index in [0.717, 1.165) is 0 Å². The molecule has 0 aromatic heterocycles. The summed E-state index contributed by atoms with van der Waals surface area (Å²) in [7, 11) is 2.94. The number of fused-ring (bicyclic) bond motifs is 1. The molecule has 0 radical (unpaired) electrons. The Kier molecular flexibility index (Phi) is 5.48. The summed E-state index contributed by atoms with van der Waals surface area (Å²) in [6.07, 6.45) is 0. The lowest BCUT2D eigenvalue weighted by Crippen LogP contribution is -2.46. The molecule has 4 rings (SSSR count). The highest BCUT2D eigenvalue weighted by Gasteiger charge is 2.60. The third-order valence-corrected chi connectivity index (χ3v) is 6.03. The zero-order chi connectivity index (χ0) is 22.9. The Balaban J connectivity index is 2.02. The van der Waals surface area contributed by atoms with Crippen LogP contribution in [0.1, 0.15) is 37.8 Å². The van der Waals surface area contributed by atoms with Crippen LogP contribution in [0, 0.1) is 10.1 Å². The van der Waals surface area contributed by atoms with E-state index in [1.807, 2.05) is 0 Å². The molecule has 0 saturated carbocycles. The minimum absolute atomic E-state index is 0.273. The molecule has 7 nitrogen and oxygen atoms in total. The van der Waals surface area contributed by atoms with Gasteiger partial charge in [-0.05, 0) is 23.3 Å². The molecule has 0 spiro atoms. The molecule has 0 bridgehead atoms. The summed E-state index contributed by atoms with van der Waals surface area (Å²) in [4.78, 5) is 39.1. The van der Waals surface area contributed by atoms with Crippen LogP contribution in [0.5, 0.6) is 11.5 Å². The maximum absolute atomic E-state index is 13.9. The molecular weight excluding hydrogens is 410 g/mol. The average Bonchev–Trinajstić information content (AvgIpc) is 3.05. The quantitative estimate of drug-likeness (QED) is 0.318. The molecule has 0 saturated heterocycles. The van der Waals surface area contributed by atoms with Crippen molar-refractivity contribution in [1.82, 2.24) is 0 Å². The number of ether oxygens (including phenoxy) is 2. The smallest absolute Gasteiger partial charge is 0.212 e. The van der Waals surface area contributed by atoms with Crippen molar-refractivity contribution in [2.45, 2.75) is 11.3 Å². The van der Waals surface area contributed by atoms with Gasteiger partial charge in [-0.3, -0.25) is 19.7 Å². The second-order valence-corrected chi connectivity index (χ2v) is 7.56. The summed E-state index contributed by atoms with van der Waals surface area (Å²) in [6.45, 7) is -0.615. The molecule has 3 aromatic rings. The highest BCUT2D eigenvalue weighted by atomic mass is 16.6. The largest absolute Gasteiger partial charge is 0.493 e. The predicted molar refractivity (Wildman–Crippen MR) is 117 cm³/mol. The third kappa shape index (κ3) is 3.13. The lowest BCUT2D eigenvalue weighted by molar-refractivity contribution is -0.484. The molecule has 1 aliphatic carbocycles. The number of rotatable bonds is 7. The van der Waals surface area contributed by atoms with E-state index in [9.17, 15) is 19.7 Å². The normalized spacial score (nSPS) is 15.2. The molecular formula is C25H21NO6. The van der Waals surface area contributed by atoms with E-state index in [-0.39, 0.29) is 11.1 Å². The van der Waals surface area contributed by atoms with Crippen molar-refractivity contribution in [3.8, 4) is 11.5 Å². The van der Waals surface area contributed by atoms with Gasteiger partial charge >= 0.3 is 0 Å². The number of benzene rings is 3. The fourth-order valence-corrected chi connectivity index (χ4v) is 4.60. The zero-order valence-electron chi connectivity index (χ0n) is 17.6. The van der Waals surface area contributed by atoms with Gasteiger partial charge in [0.1, 0.15) is 5.41 Å². The first-order valence-corrected chi connectivity index (χ1v) is 10.0. The standard InChI is InChI=1S/C25H21NO6/c1-31-21-13-12-16(14-22(21)32-2)20(15-26(29)30)25(17-8-4-3-5-9-17)23(27)18-10-6-7-11-19(18)24(25)28/h3-14,20H,15H2,1-2H3/t20-/m0/s1. The first-order valence-electron chi connectivity index (χ1n) is 10.0. The Labute approximate surface area is 184 Å². The van der Waals surface area contributed by atoms with Gasteiger partial charge in [-0.15, -0.1) is 0 Å². The molecule has 1 atom stereocenters. The molecule has 7 heteroatoms. The molecule has 0 N–H and O–H groups in total. The molecule has 162 valence electrons. The van der Waals surface area contributed by atoms with E-state index < -0.39 is 34.4 Å². The Morgan fingerprint density at radius 3 is 1.94 bits per heavy atom. The fraction of sp³-hybridized carbons (Fsp3) is 0.200. The van der Waals surface area contributed by atoms with Crippen molar-refractivity contribution in [3.05, 3.63) is 105 Å². The van der Waals surface area contributed by atoms with E-state index in [1.54, 1.807) is 72.8 Å². The first-order chi connectivity index (χ1) is 15.4. The van der Waals surface area contributed by atoms with Crippen molar-refractivity contribution in [3.63, 3.8) is 0 Å². The minimum Gasteiger partial charge on any atom is -0.493 e. The fourth-order valence-electron chi connectivity index (χ4n) is 4.60. The van der Waals surface area contributed by atoms with Crippen LogP contribution in [0.2, 0.25) is 0 Å². The summed E-state index contributed by atoms with van der Waals surface area (Å²) in [6, 6.07) is 20.0. The maximum atomic E-state index is 13.9. The SMILES string of the molecule is COc1ccc([C@H](C[N+](=O)[O-])C2(c3ccccc3)C(=O)c3ccccc3C2=O)cc1OC. The van der Waals surface area contributed by atoms with E-state index in [4.69, 9.17) is 9.47 Å². The van der Waals surface area contributed by atoms with Crippen LogP contribution in [0.15, 0.2) is 72.8 Å². The van der Waals surface area contributed by atoms with Gasteiger partial charge in [0.05, 0.1) is 20.1 Å². The number of hydrogen-bond acceptors (Lipinski definition) is 6. The summed E-state index contributed by atoms with van der Waals surface area (Å²) >= 11 is 0. The molecule has 0 amide bonds. The maximum Gasteiger partial charge on any atom is 0.212 e. The van der Waals surface area contributed by atoms with Gasteiger partial charge in [0.2, 0.25) is 6.54 Å². The molecule has 32 heavy (non-hydrogen) atoms. The number of ketones is 2. The Bertz CT molecular complexity index is 1170. The topological polar surface area (TPSA) is 95.7 Å². The van der Waals surface area contributed by atoms with Crippen LogP contribution < -0.4 is 9.47 Å². The highest BCUT2D eigenvalue weighted by Crippen LogP contribution is 2.50. The van der Waals surface area contributed by atoms with Crippen molar-refractivity contribution >= 4 is 11.6 Å². The number of hydrogen-bond donors (Lipinski definition) is 0. The number of methoxy groups -OCH3 is 2. The van der Waals surface area contributed by atoms with Gasteiger partial charge in [-0.25, -0.2) is 0 Å². The van der Waals surface area contributed by atoms with Crippen LogP contribution in [0.3, 0.4) is 0 Å². The molecule has 3 aromatic carbocycles. The molecule has 0 unspecified atom stereocenters. The highest BCUT2D eigenvalue weighted by molar-refractivity contribution is 6.33. The summed E-state index contributed by atoms with van der Waals surface area (Å²) in [5.74, 6) is -1.14. The summed E-state index contributed by atoms with van der Waals surface area (Å²) in [5.41, 5.74) is -0.353. The average molecular weight is 431 g/mol. The van der Waals surface area contributed by atoms with Crippen LogP contribution in [0.4, 0.5) is 0 Å². The van der Waals surface area contributed by atoms with Gasteiger partial charge < -0.3 is 9.47 Å². The lowest BCUT2D eigenvalue weighted by Gasteiger charge is -2.33. The number of nitro groups is 1. The summed E-state index contributed by atoms with van der Waals surface area (Å²) < 4.78 is 10.7. The second kappa shape index (κ2) is 8.26. The second-order valence-electron chi connectivity index (χ2n) is 7.56. The Morgan fingerprint density at radius 2 is 1.41 bits per heavy atom. The lowest BCUT2D eigenvalue weighted by atomic mass is 9.64. The van der Waals surface area contributed by atoms with E-state index in [0.29, 0.717) is 22.6 Å². The zero-order valence-corrected chi connectivity index (χ0v) is 17.6. The van der Waals surface area contributed by atoms with Crippen LogP contribution >= 0.6 is 0 Å². The van der Waals surface area contributed by atoms with Crippen LogP contribution in [-0.4, -0.2) is 37.3 Å². The van der Waals surface area contributed by atoms with E-state index >= 15 is 0 Å². The van der Waals surface area contributed by atoms with E-state index in [2.05, 4.69) is 0 Å². The Morgan fingerprint density at radius 1 is 0.844 bits per heavy atom. The van der Waals surface area contributed by atoms with Gasteiger partial charge in [0, 0.05) is 16.1 Å². The Hall–Kier alpha value is -4.00. The minimum atomic E-state index is -1.77. The van der Waals surface area contributed by atoms with Crippen molar-refractivity contribution < 1.29 is 24.0 Å². The van der Waals surface area contributed by atoms with Gasteiger partial charge in [-0.2, -0.15) is 0 Å². The molecule has 0 heterocycles. The predicted octanol–water partition coefficient (Wildman–Crippen LogP) is 4.08.